The highest BCUT2D eigenvalue weighted by Crippen LogP contribution is 2.26. The molecule has 1 aromatic carbocycles. The van der Waals surface area contributed by atoms with Crippen LogP contribution in [-0.2, 0) is 10.0 Å². The van der Waals surface area contributed by atoms with Crippen LogP contribution >= 0.6 is 24.0 Å². The minimum Gasteiger partial charge on any atom is -0.314 e. The van der Waals surface area contributed by atoms with Crippen LogP contribution in [0.15, 0.2) is 23.1 Å². The van der Waals surface area contributed by atoms with Crippen LogP contribution in [0.1, 0.15) is 0 Å². The molecule has 0 amide bonds. The smallest absolute Gasteiger partial charge is 0.314 e. The number of hydrogen-bond donors (Lipinski definition) is 2. The predicted molar refractivity (Wildman–Crippen MR) is 88.1 cm³/mol. The van der Waals surface area contributed by atoms with Crippen LogP contribution in [0, 0.1) is 5.82 Å². The first-order chi connectivity index (χ1) is 11.1. The normalized spacial score (nSPS) is 17.8. The maximum atomic E-state index is 13.2. The van der Waals surface area contributed by atoms with Gasteiger partial charge in [0.15, 0.2) is 0 Å². The average molecular weight is 426 g/mol. The van der Waals surface area contributed by atoms with Crippen molar-refractivity contribution in [1.29, 1.82) is 0 Å². The third kappa shape index (κ3) is 5.93. The van der Waals surface area contributed by atoms with Crippen molar-refractivity contribution in [1.82, 2.24) is 14.9 Å². The Morgan fingerprint density at radius 2 is 1.88 bits per heavy atom. The second-order valence-electron chi connectivity index (χ2n) is 5.27. The Hall–Kier alpha value is -0.650. The third-order valence-corrected chi connectivity index (χ3v) is 5.53. The number of hydrogen-bond acceptors (Lipinski definition) is 4. The SMILES string of the molecule is Cl.O=S(=O)(NCC(N1CCNCC1)C(F)(F)F)c1ccc(F)cc1Cl. The molecule has 12 heteroatoms. The molecule has 0 aromatic heterocycles. The lowest BCUT2D eigenvalue weighted by molar-refractivity contribution is -0.182. The molecule has 0 aliphatic carbocycles. The summed E-state index contributed by atoms with van der Waals surface area (Å²) in [5.74, 6) is -0.743. The average Bonchev–Trinajstić information content (AvgIpc) is 2.46. The van der Waals surface area contributed by atoms with Gasteiger partial charge in [0.05, 0.1) is 5.02 Å². The molecular formula is C13H17Cl2F4N3O2S. The highest BCUT2D eigenvalue weighted by Gasteiger charge is 2.44. The molecule has 0 radical (unpaired) electrons. The number of piperazine rings is 1. The van der Waals surface area contributed by atoms with Crippen LogP contribution in [0.5, 0.6) is 0 Å². The lowest BCUT2D eigenvalue weighted by Gasteiger charge is -2.35. The lowest BCUT2D eigenvalue weighted by atomic mass is 10.2. The summed E-state index contributed by atoms with van der Waals surface area (Å²) in [6, 6.07) is 0.618. The van der Waals surface area contributed by atoms with Gasteiger partial charge < -0.3 is 5.32 Å². The summed E-state index contributed by atoms with van der Waals surface area (Å²) >= 11 is 5.67. The van der Waals surface area contributed by atoms with Gasteiger partial charge in [-0.3, -0.25) is 4.90 Å². The second kappa shape index (κ2) is 8.83. The van der Waals surface area contributed by atoms with Crippen molar-refractivity contribution >= 4 is 34.0 Å². The molecule has 144 valence electrons. The largest absolute Gasteiger partial charge is 0.405 e. The zero-order valence-corrected chi connectivity index (χ0v) is 15.2. The molecule has 1 saturated heterocycles. The van der Waals surface area contributed by atoms with E-state index in [9.17, 15) is 26.0 Å². The predicted octanol–water partition coefficient (Wildman–Crippen LogP) is 2.02. The Morgan fingerprint density at radius 3 is 2.40 bits per heavy atom. The minimum atomic E-state index is -4.59. The summed E-state index contributed by atoms with van der Waals surface area (Å²) in [7, 11) is -4.29. The molecule has 1 unspecified atom stereocenters. The molecule has 1 aliphatic rings. The number of sulfonamides is 1. The lowest BCUT2D eigenvalue weighted by Crippen LogP contribution is -2.57. The number of benzene rings is 1. The number of rotatable bonds is 5. The van der Waals surface area contributed by atoms with Gasteiger partial charge in [-0.2, -0.15) is 13.2 Å². The highest BCUT2D eigenvalue weighted by atomic mass is 35.5. The fourth-order valence-electron chi connectivity index (χ4n) is 2.41. The van der Waals surface area contributed by atoms with E-state index in [1.807, 2.05) is 4.72 Å². The topological polar surface area (TPSA) is 61.4 Å². The van der Waals surface area contributed by atoms with Crippen LogP contribution < -0.4 is 10.0 Å². The molecule has 2 N–H and O–H groups in total. The molecule has 0 saturated carbocycles. The van der Waals surface area contributed by atoms with Crippen molar-refractivity contribution in [2.75, 3.05) is 32.7 Å². The van der Waals surface area contributed by atoms with Crippen molar-refractivity contribution in [3.63, 3.8) is 0 Å². The molecule has 1 heterocycles. The van der Waals surface area contributed by atoms with E-state index in [2.05, 4.69) is 5.32 Å². The number of alkyl halides is 3. The van der Waals surface area contributed by atoms with Gasteiger partial charge in [0, 0.05) is 32.7 Å². The Labute approximate surface area is 154 Å². The summed E-state index contributed by atoms with van der Waals surface area (Å²) < 4.78 is 79.0. The van der Waals surface area contributed by atoms with E-state index in [0.717, 1.165) is 18.2 Å². The first-order valence-corrected chi connectivity index (χ1v) is 8.93. The quantitative estimate of drug-likeness (QED) is 0.708. The van der Waals surface area contributed by atoms with E-state index in [1.54, 1.807) is 0 Å². The van der Waals surface area contributed by atoms with Crippen molar-refractivity contribution in [2.24, 2.45) is 0 Å². The van der Waals surface area contributed by atoms with Gasteiger partial charge >= 0.3 is 6.18 Å². The number of halogens is 6. The molecule has 0 bridgehead atoms. The zero-order valence-electron chi connectivity index (χ0n) is 12.8. The standard InChI is InChI=1S/C13H16ClF4N3O2S.ClH/c14-10-7-9(15)1-2-11(10)24(22,23)20-8-12(13(16,17)18)21-5-3-19-4-6-21;/h1-2,7,12,19-20H,3-6,8H2;1H. The molecule has 25 heavy (non-hydrogen) atoms. The highest BCUT2D eigenvalue weighted by molar-refractivity contribution is 7.89. The van der Waals surface area contributed by atoms with Crippen LogP contribution in [-0.4, -0.2) is 58.3 Å². The Morgan fingerprint density at radius 1 is 1.28 bits per heavy atom. The monoisotopic (exact) mass is 425 g/mol. The summed E-state index contributed by atoms with van der Waals surface area (Å²) in [4.78, 5) is 0.706. The molecule has 1 fully saturated rings. The van der Waals surface area contributed by atoms with Gasteiger partial charge in [-0.15, -0.1) is 12.4 Å². The van der Waals surface area contributed by atoms with Crippen LogP contribution in [0.25, 0.3) is 0 Å². The summed E-state index contributed by atoms with van der Waals surface area (Å²) in [5, 5.41) is 2.54. The molecule has 5 nitrogen and oxygen atoms in total. The molecular weight excluding hydrogens is 409 g/mol. The van der Waals surface area contributed by atoms with Crippen molar-refractivity contribution in [3.05, 3.63) is 29.0 Å². The summed E-state index contributed by atoms with van der Waals surface area (Å²) in [5.41, 5.74) is 0. The fourth-order valence-corrected chi connectivity index (χ4v) is 3.97. The maximum absolute atomic E-state index is 13.2. The first-order valence-electron chi connectivity index (χ1n) is 7.07. The van der Waals surface area contributed by atoms with Gasteiger partial charge in [0.1, 0.15) is 16.8 Å². The van der Waals surface area contributed by atoms with Crippen LogP contribution in [0.3, 0.4) is 0 Å². The van der Waals surface area contributed by atoms with Crippen molar-refractivity contribution < 1.29 is 26.0 Å². The molecule has 0 spiro atoms. The van der Waals surface area contributed by atoms with E-state index < -0.39 is 44.5 Å². The van der Waals surface area contributed by atoms with Gasteiger partial charge in [-0.05, 0) is 18.2 Å². The van der Waals surface area contributed by atoms with Crippen LogP contribution in [0.4, 0.5) is 17.6 Å². The summed E-state index contributed by atoms with van der Waals surface area (Å²) in [6.45, 7) is 0.248. The van der Waals surface area contributed by atoms with E-state index >= 15 is 0 Å². The maximum Gasteiger partial charge on any atom is 0.405 e. The van der Waals surface area contributed by atoms with E-state index in [4.69, 9.17) is 11.6 Å². The van der Waals surface area contributed by atoms with Crippen LogP contribution in [0.2, 0.25) is 5.02 Å². The third-order valence-electron chi connectivity index (χ3n) is 3.62. The van der Waals surface area contributed by atoms with Gasteiger partial charge in [0.2, 0.25) is 10.0 Å². The van der Waals surface area contributed by atoms with Crippen molar-refractivity contribution in [3.8, 4) is 0 Å². The molecule has 2 rings (SSSR count). The fraction of sp³-hybridized carbons (Fsp3) is 0.538. The van der Waals surface area contributed by atoms with E-state index in [-0.39, 0.29) is 25.5 Å². The Bertz CT molecular complexity index is 682. The Balaban J connectivity index is 0.00000312. The molecule has 1 atom stereocenters. The van der Waals surface area contributed by atoms with Gasteiger partial charge in [-0.25, -0.2) is 17.5 Å². The summed E-state index contributed by atoms with van der Waals surface area (Å²) in [6.07, 6.45) is -4.59. The van der Waals surface area contributed by atoms with Crippen molar-refractivity contribution in [2.45, 2.75) is 17.1 Å². The van der Waals surface area contributed by atoms with Gasteiger partial charge in [-0.1, -0.05) is 11.6 Å². The second-order valence-corrected chi connectivity index (χ2v) is 7.41. The number of nitrogens with zero attached hydrogens (tertiary/aromatic N) is 1. The zero-order chi connectivity index (χ0) is 18.0. The molecule has 1 aliphatic heterocycles. The van der Waals surface area contributed by atoms with Gasteiger partial charge in [0.25, 0.3) is 0 Å². The minimum absolute atomic E-state index is 0. The van der Waals surface area contributed by atoms with E-state index in [0.29, 0.717) is 13.1 Å². The first kappa shape index (κ1) is 22.4. The molecule has 1 aromatic rings. The number of nitrogens with one attached hydrogen (secondary N) is 2. The van der Waals surface area contributed by atoms with E-state index in [1.165, 1.54) is 4.90 Å². The Kier molecular flexibility index (Phi) is 7.91.